The van der Waals surface area contributed by atoms with Gasteiger partial charge in [0.05, 0.1) is 50.2 Å². The molecule has 0 spiro atoms. The first-order chi connectivity index (χ1) is 39.9. The number of fused-ring (bicyclic) bond motifs is 7. The maximum Gasteiger partial charge on any atom is 0.314 e. The number of aliphatic hydroxyl groups excluding tert-OH is 15. The van der Waals surface area contributed by atoms with E-state index in [1.54, 1.807) is 0 Å². The van der Waals surface area contributed by atoms with E-state index in [4.69, 9.17) is 47.4 Å². The van der Waals surface area contributed by atoms with Crippen molar-refractivity contribution in [2.24, 2.45) is 56.7 Å². The summed E-state index contributed by atoms with van der Waals surface area (Å²) in [5, 5.41) is 163. The van der Waals surface area contributed by atoms with Gasteiger partial charge in [0.15, 0.2) is 25.2 Å². The topological polar surface area (TPSA) is 413 Å². The molecule has 0 amide bonds. The van der Waals surface area contributed by atoms with Crippen molar-refractivity contribution >= 4 is 5.97 Å². The van der Waals surface area contributed by atoms with Gasteiger partial charge in [0.1, 0.15) is 104 Å². The minimum absolute atomic E-state index is 0.0172. The van der Waals surface area contributed by atoms with Crippen LogP contribution < -0.4 is 0 Å². The van der Waals surface area contributed by atoms with Crippen molar-refractivity contribution in [3.05, 3.63) is 12.2 Å². The minimum atomic E-state index is -1.90. The Morgan fingerprint density at radius 1 is 0.541 bits per heavy atom. The Morgan fingerprint density at radius 3 is 1.74 bits per heavy atom. The summed E-state index contributed by atoms with van der Waals surface area (Å²) in [6.45, 7) is 16.5. The number of hydrogen-bond donors (Lipinski definition) is 15. The predicted molar refractivity (Wildman–Crippen MR) is 288 cm³/mol. The standard InChI is InChI=1S/C59H96O26/c1-23(2)26-11-16-59(54(75)85-52-45(73)41(69)38(66)30(81-52)21-77-49-46(74)42(70)47(29(19-60)80-49)83-50-43(71)39(67)35(63)24(3)78-50)18-17-57(7)27(34(26)59)9-10-32-55(5)14-13-33(56(6,22-61)31(55)12-15-58(32,57)8)82-53-48(37(65)28(62)20-76-53)84-51-44(72)40(68)36(64)25(4)79-51/h24-53,60-74H,1,9-22H2,2-8H3/t24?,25?,26?,27?,28?,29?,30?,31?,32?,33?,34?,35?,36?,37?,38?,39?,40?,41?,42?,43?,44?,45?,46?,47?,48?,49?,50?,51?,52?,53?,55-,56-,57+,58+,59-/m0/s1. The predicted octanol–water partition coefficient (Wildman–Crippen LogP) is -2.69. The van der Waals surface area contributed by atoms with E-state index in [1.165, 1.54) is 13.8 Å². The van der Waals surface area contributed by atoms with Crippen LogP contribution in [0.1, 0.15) is 113 Å². The van der Waals surface area contributed by atoms with Gasteiger partial charge in [0.25, 0.3) is 0 Å². The van der Waals surface area contributed by atoms with Crippen LogP contribution in [0.25, 0.3) is 0 Å². The molecule has 15 N–H and O–H groups in total. The van der Waals surface area contributed by atoms with Gasteiger partial charge in [-0.25, -0.2) is 0 Å². The largest absolute Gasteiger partial charge is 0.432 e. The quantitative estimate of drug-likeness (QED) is 0.0478. The maximum atomic E-state index is 15.2. The maximum absolute atomic E-state index is 15.2. The Labute approximate surface area is 494 Å². The van der Waals surface area contributed by atoms with Gasteiger partial charge in [-0.1, -0.05) is 39.8 Å². The molecular weight excluding hydrogens is 1120 g/mol. The zero-order valence-electron chi connectivity index (χ0n) is 49.6. The Hall–Kier alpha value is -1.75. The van der Waals surface area contributed by atoms with Crippen molar-refractivity contribution in [3.63, 3.8) is 0 Å². The van der Waals surface area contributed by atoms with Crippen LogP contribution >= 0.6 is 0 Å². The third kappa shape index (κ3) is 10.9. The van der Waals surface area contributed by atoms with Crippen LogP contribution in [-0.2, 0) is 52.2 Å². The van der Waals surface area contributed by atoms with Crippen LogP contribution in [0.4, 0.5) is 0 Å². The first kappa shape index (κ1) is 66.2. The molecule has 26 nitrogen and oxygen atoms in total. The lowest BCUT2D eigenvalue weighted by Crippen LogP contribution is -2.68. The average Bonchev–Trinajstić information content (AvgIpc) is 1.62. The number of carbonyl (C=O) groups is 1. The van der Waals surface area contributed by atoms with Gasteiger partial charge >= 0.3 is 5.97 Å². The van der Waals surface area contributed by atoms with Crippen LogP contribution in [0.5, 0.6) is 0 Å². The summed E-state index contributed by atoms with van der Waals surface area (Å²) in [6.07, 6.45) is -31.6. The van der Waals surface area contributed by atoms with Crippen LogP contribution in [0, 0.1) is 56.7 Å². The summed E-state index contributed by atoms with van der Waals surface area (Å²) >= 11 is 0. The smallest absolute Gasteiger partial charge is 0.314 e. The molecule has 0 radical (unpaired) electrons. The highest BCUT2D eigenvalue weighted by molar-refractivity contribution is 5.78. The zero-order valence-corrected chi connectivity index (χ0v) is 49.6. The first-order valence-corrected chi connectivity index (χ1v) is 30.7. The normalized spacial score (nSPS) is 56.3. The summed E-state index contributed by atoms with van der Waals surface area (Å²) < 4.78 is 59.5. The van der Waals surface area contributed by atoms with Crippen molar-refractivity contribution in [3.8, 4) is 0 Å². The molecule has 10 rings (SSSR count). The van der Waals surface area contributed by atoms with Crippen molar-refractivity contribution < 1.29 is 129 Å². The fourth-order valence-corrected chi connectivity index (χ4v) is 18.4. The molecule has 30 unspecified atom stereocenters. The van der Waals surface area contributed by atoms with Crippen molar-refractivity contribution in [1.29, 1.82) is 0 Å². The number of carbonyl (C=O) groups excluding carboxylic acids is 1. The summed E-state index contributed by atoms with van der Waals surface area (Å²) in [5.74, 6) is -0.760. The van der Waals surface area contributed by atoms with E-state index in [0.717, 1.165) is 31.3 Å². The lowest BCUT2D eigenvalue weighted by atomic mass is 9.32. The van der Waals surface area contributed by atoms with Crippen LogP contribution in [0.15, 0.2) is 12.2 Å². The molecule has 85 heavy (non-hydrogen) atoms. The highest BCUT2D eigenvalue weighted by Crippen LogP contribution is 2.78. The third-order valence-corrected chi connectivity index (χ3v) is 23.6. The highest BCUT2D eigenvalue weighted by atomic mass is 16.8. The van der Waals surface area contributed by atoms with Gasteiger partial charge < -0.3 is 124 Å². The molecule has 5 aliphatic heterocycles. The Kier molecular flexibility index (Phi) is 19.2. The number of hydrogen-bond acceptors (Lipinski definition) is 26. The van der Waals surface area contributed by atoms with Gasteiger partial charge in [-0.3, -0.25) is 4.79 Å². The molecular formula is C59H96O26. The van der Waals surface area contributed by atoms with Crippen molar-refractivity contribution in [2.75, 3.05) is 26.4 Å². The molecule has 0 aromatic rings. The fourth-order valence-electron chi connectivity index (χ4n) is 18.4. The zero-order chi connectivity index (χ0) is 61.9. The SMILES string of the molecule is C=C(C)C1CC[C@]2(C(=O)OC3OC(COC4OC(CO)C(OC5OC(C)C(O)C(O)C5O)C(O)C4O)C(O)C(O)C3O)CC[C@]3(C)C(CCC4[C@@]5(C)CCC(OC6OCC(O)C(O)C6OC6OC(C)C(O)C(O)C6O)[C@@](C)(CO)C5CC[C@]43C)C12. The Morgan fingerprint density at radius 2 is 1.13 bits per heavy atom. The summed E-state index contributed by atoms with van der Waals surface area (Å²) in [7, 11) is 0. The number of esters is 1. The number of rotatable bonds is 14. The second-order valence-corrected chi connectivity index (χ2v) is 28.0. The van der Waals surface area contributed by atoms with E-state index < -0.39 is 184 Å². The first-order valence-electron chi connectivity index (χ1n) is 30.7. The number of aliphatic hydroxyl groups is 15. The average molecular weight is 1220 g/mol. The van der Waals surface area contributed by atoms with Gasteiger partial charge in [-0.05, 0) is 131 Å². The van der Waals surface area contributed by atoms with E-state index in [1.807, 2.05) is 13.8 Å². The van der Waals surface area contributed by atoms with Gasteiger partial charge in [-0.15, -0.1) is 0 Å². The number of allylic oxidation sites excluding steroid dienone is 1. The van der Waals surface area contributed by atoms with E-state index in [9.17, 15) is 76.6 Å². The third-order valence-electron chi connectivity index (χ3n) is 23.6. The molecule has 10 fully saturated rings. The van der Waals surface area contributed by atoms with E-state index in [-0.39, 0.29) is 59.0 Å². The molecule has 5 heterocycles. The molecule has 10 aliphatic rings. The van der Waals surface area contributed by atoms with Crippen LogP contribution in [0.2, 0.25) is 0 Å². The number of ether oxygens (including phenoxy) is 10. The molecule has 35 atom stereocenters. The summed E-state index contributed by atoms with van der Waals surface area (Å²) in [4.78, 5) is 15.2. The Bertz CT molecular complexity index is 2340. The molecule has 5 saturated heterocycles. The monoisotopic (exact) mass is 1220 g/mol. The van der Waals surface area contributed by atoms with Crippen molar-refractivity contribution in [1.82, 2.24) is 0 Å². The minimum Gasteiger partial charge on any atom is -0.432 e. The van der Waals surface area contributed by atoms with Gasteiger partial charge in [0.2, 0.25) is 6.29 Å². The lowest BCUT2D eigenvalue weighted by Gasteiger charge is -2.73. The van der Waals surface area contributed by atoms with Crippen LogP contribution in [-0.4, -0.2) is 263 Å². The van der Waals surface area contributed by atoms with E-state index in [0.29, 0.717) is 38.5 Å². The molecule has 26 heteroatoms. The molecule has 5 aliphatic carbocycles. The lowest BCUT2D eigenvalue weighted by molar-refractivity contribution is -0.366. The molecule has 0 bridgehead atoms. The molecule has 5 saturated carbocycles. The summed E-state index contributed by atoms with van der Waals surface area (Å²) in [6, 6.07) is 0. The second kappa shape index (κ2) is 24.7. The molecule has 488 valence electrons. The second-order valence-electron chi connectivity index (χ2n) is 28.0. The van der Waals surface area contributed by atoms with Gasteiger partial charge in [-0.2, -0.15) is 0 Å². The van der Waals surface area contributed by atoms with Gasteiger partial charge in [0, 0.05) is 5.41 Å². The van der Waals surface area contributed by atoms with Crippen molar-refractivity contribution in [2.45, 2.75) is 266 Å². The summed E-state index contributed by atoms with van der Waals surface area (Å²) in [5.41, 5.74) is -1.80. The Balaban J connectivity index is 0.820. The highest BCUT2D eigenvalue weighted by Gasteiger charge is 2.73. The molecule has 0 aromatic carbocycles. The van der Waals surface area contributed by atoms with E-state index in [2.05, 4.69) is 27.4 Å². The fraction of sp³-hybridized carbons (Fsp3) is 0.949. The molecule has 0 aromatic heterocycles. The van der Waals surface area contributed by atoms with Crippen LogP contribution in [0.3, 0.4) is 0 Å². The van der Waals surface area contributed by atoms with E-state index >= 15 is 4.79 Å².